The predicted molar refractivity (Wildman–Crippen MR) is 88.3 cm³/mol. The molecule has 1 fully saturated rings. The van der Waals surface area contributed by atoms with E-state index in [1.165, 1.54) is 13.3 Å². The van der Waals surface area contributed by atoms with Gasteiger partial charge in [-0.05, 0) is 6.92 Å². The highest BCUT2D eigenvalue weighted by Crippen LogP contribution is 2.38. The lowest BCUT2D eigenvalue weighted by Gasteiger charge is -2.21. The number of aryl methyl sites for hydroxylation is 1. The zero-order chi connectivity index (χ0) is 20.2. The number of aliphatic hydroxyl groups is 1. The van der Waals surface area contributed by atoms with Crippen LogP contribution in [0, 0.1) is 6.92 Å². The lowest BCUT2D eigenvalue weighted by Crippen LogP contribution is -2.38. The number of nitrogens with zero attached hydrogens (tertiary/aromatic N) is 2. The fourth-order valence-electron chi connectivity index (χ4n) is 2.36. The van der Waals surface area contributed by atoms with Gasteiger partial charge in [0.05, 0.1) is 13.2 Å². The van der Waals surface area contributed by atoms with E-state index < -0.39 is 44.7 Å². The number of nitrogens with two attached hydrogens (primary N) is 1. The first-order valence-corrected chi connectivity index (χ1v) is 9.33. The van der Waals surface area contributed by atoms with Crippen LogP contribution >= 0.6 is 7.82 Å². The Morgan fingerprint density at radius 2 is 2.11 bits per heavy atom. The fraction of sp³-hybridized carbons (Fsp3) is 0.692. The van der Waals surface area contributed by atoms with Gasteiger partial charge < -0.3 is 30.1 Å². The minimum atomic E-state index is -4.79. The van der Waals surface area contributed by atoms with Gasteiger partial charge in [-0.1, -0.05) is 0 Å². The van der Waals surface area contributed by atoms with Gasteiger partial charge in [0.1, 0.15) is 24.6 Å². The highest BCUT2D eigenvalue weighted by atomic mass is 31.2. The number of hydrogen-bond donors (Lipinski definition) is 4. The number of ether oxygens (including phenoxy) is 2. The molecule has 0 aliphatic carbocycles. The van der Waals surface area contributed by atoms with Gasteiger partial charge in [-0.15, -0.1) is 0 Å². The predicted octanol–water partition coefficient (Wildman–Crippen LogP) is -1.54. The molecular formula is C13H22N3O10P. The van der Waals surface area contributed by atoms with Crippen molar-refractivity contribution in [3.63, 3.8) is 0 Å². The minimum Gasteiger partial charge on any atom is -0.387 e. The third kappa shape index (κ3) is 5.78. The molecule has 0 aromatic carbocycles. The second-order valence-corrected chi connectivity index (χ2v) is 6.96. The van der Waals surface area contributed by atoms with E-state index in [1.807, 2.05) is 0 Å². The van der Waals surface area contributed by atoms with Crippen LogP contribution in [-0.2, 0) is 28.3 Å². The van der Waals surface area contributed by atoms with Crippen LogP contribution in [0.4, 0.5) is 5.82 Å². The molecule has 1 aliphatic rings. The van der Waals surface area contributed by atoms with Crippen molar-refractivity contribution in [1.82, 2.24) is 9.55 Å². The van der Waals surface area contributed by atoms with E-state index in [2.05, 4.69) is 9.51 Å². The van der Waals surface area contributed by atoms with Crippen LogP contribution in [0.2, 0.25) is 0 Å². The third-order valence-corrected chi connectivity index (χ3v) is 4.20. The molecule has 1 aliphatic heterocycles. The van der Waals surface area contributed by atoms with Gasteiger partial charge in [0.2, 0.25) is 0 Å². The van der Waals surface area contributed by atoms with E-state index in [4.69, 9.17) is 34.8 Å². The lowest BCUT2D eigenvalue weighted by atomic mass is 10.1. The highest BCUT2D eigenvalue weighted by molar-refractivity contribution is 7.46. The van der Waals surface area contributed by atoms with Gasteiger partial charge in [0.15, 0.2) is 12.3 Å². The van der Waals surface area contributed by atoms with Crippen molar-refractivity contribution in [3.8, 4) is 0 Å². The Morgan fingerprint density at radius 3 is 2.74 bits per heavy atom. The van der Waals surface area contributed by atoms with Crippen LogP contribution in [0.25, 0.3) is 0 Å². The average Bonchev–Trinajstić information content (AvgIpc) is 2.88. The number of hydrogen-bond acceptors (Lipinski definition) is 10. The standard InChI is InChI=1S/C13H22N3O10P/c1-7-5-16(13(18)15-11(7)14)12-10(26-23-4-3-22-2)9(17)8(25-12)6-24-27(19,20)21/h5,8-10,12,17H,3-4,6H2,1-2H3,(H2,14,15,18)(H2,19,20,21)/t8-,9-,10-,12-/m1/s1. The van der Waals surface area contributed by atoms with Crippen molar-refractivity contribution < 1.29 is 43.2 Å². The summed E-state index contributed by atoms with van der Waals surface area (Å²) in [6.07, 6.45) is -3.68. The number of aromatic nitrogens is 2. The lowest BCUT2D eigenvalue weighted by molar-refractivity contribution is -0.347. The summed E-state index contributed by atoms with van der Waals surface area (Å²) < 4.78 is 26.6. The van der Waals surface area contributed by atoms with Crippen LogP contribution in [0.1, 0.15) is 11.8 Å². The molecule has 2 rings (SSSR count). The van der Waals surface area contributed by atoms with Crippen LogP contribution in [0.5, 0.6) is 0 Å². The van der Waals surface area contributed by atoms with Crippen molar-refractivity contribution in [2.45, 2.75) is 31.5 Å². The number of methoxy groups -OCH3 is 1. The van der Waals surface area contributed by atoms with Crippen LogP contribution < -0.4 is 11.4 Å². The van der Waals surface area contributed by atoms with Crippen molar-refractivity contribution in [2.75, 3.05) is 32.7 Å². The number of rotatable bonds is 9. The zero-order valence-electron chi connectivity index (χ0n) is 14.6. The summed E-state index contributed by atoms with van der Waals surface area (Å²) in [5.41, 5.74) is 5.30. The second-order valence-electron chi connectivity index (χ2n) is 5.72. The van der Waals surface area contributed by atoms with E-state index in [-0.39, 0.29) is 19.0 Å². The molecule has 27 heavy (non-hydrogen) atoms. The molecule has 154 valence electrons. The van der Waals surface area contributed by atoms with Crippen molar-refractivity contribution >= 4 is 13.6 Å². The van der Waals surface area contributed by atoms with E-state index in [1.54, 1.807) is 6.92 Å². The Labute approximate surface area is 153 Å². The quantitative estimate of drug-likeness (QED) is 0.159. The average molecular weight is 411 g/mol. The maximum atomic E-state index is 12.2. The second kappa shape index (κ2) is 9.19. The van der Waals surface area contributed by atoms with E-state index in [0.29, 0.717) is 5.56 Å². The molecular weight excluding hydrogens is 389 g/mol. The Morgan fingerprint density at radius 1 is 1.41 bits per heavy atom. The van der Waals surface area contributed by atoms with Crippen LogP contribution in [0.15, 0.2) is 11.0 Å². The summed E-state index contributed by atoms with van der Waals surface area (Å²) in [6.45, 7) is 1.21. The molecule has 0 saturated carbocycles. The molecule has 0 bridgehead atoms. The maximum absolute atomic E-state index is 12.2. The first-order chi connectivity index (χ1) is 12.6. The van der Waals surface area contributed by atoms with E-state index in [0.717, 1.165) is 4.57 Å². The number of aliphatic hydroxyl groups excluding tert-OH is 1. The van der Waals surface area contributed by atoms with Gasteiger partial charge in [0, 0.05) is 18.9 Å². The van der Waals surface area contributed by atoms with Crippen LogP contribution in [0.3, 0.4) is 0 Å². The summed E-state index contributed by atoms with van der Waals surface area (Å²) in [4.78, 5) is 43.6. The van der Waals surface area contributed by atoms with E-state index >= 15 is 0 Å². The monoisotopic (exact) mass is 411 g/mol. The molecule has 2 heterocycles. The molecule has 13 nitrogen and oxygen atoms in total. The minimum absolute atomic E-state index is 0.0317. The topological polar surface area (TPSA) is 185 Å². The Bertz CT molecular complexity index is 738. The number of anilines is 1. The summed E-state index contributed by atoms with van der Waals surface area (Å²) in [5, 5.41) is 10.4. The molecule has 1 aromatic rings. The summed E-state index contributed by atoms with van der Waals surface area (Å²) in [5.74, 6) is 0.0324. The molecule has 0 spiro atoms. The first-order valence-electron chi connectivity index (χ1n) is 7.80. The molecule has 1 saturated heterocycles. The molecule has 0 amide bonds. The summed E-state index contributed by atoms with van der Waals surface area (Å²) in [7, 11) is -3.33. The SMILES string of the molecule is COCCOO[C@@H]1[C@H](O)[C@@H](COP(=O)(O)O)O[C@H]1n1cc(C)c(N)nc1=O. The molecule has 4 atom stereocenters. The Kier molecular flexibility index (Phi) is 7.45. The number of nitrogen functional groups attached to an aromatic ring is 1. The summed E-state index contributed by atoms with van der Waals surface area (Å²) in [6, 6.07) is 0. The van der Waals surface area contributed by atoms with E-state index in [9.17, 15) is 14.5 Å². The summed E-state index contributed by atoms with van der Waals surface area (Å²) >= 11 is 0. The molecule has 5 N–H and O–H groups in total. The van der Waals surface area contributed by atoms with Crippen molar-refractivity contribution in [1.29, 1.82) is 0 Å². The number of phosphoric ester groups is 1. The van der Waals surface area contributed by atoms with Crippen molar-refractivity contribution in [3.05, 3.63) is 22.2 Å². The van der Waals surface area contributed by atoms with Gasteiger partial charge in [-0.25, -0.2) is 19.1 Å². The number of phosphoric acid groups is 1. The molecule has 0 radical (unpaired) electrons. The maximum Gasteiger partial charge on any atom is 0.469 e. The zero-order valence-corrected chi connectivity index (χ0v) is 15.5. The third-order valence-electron chi connectivity index (χ3n) is 3.72. The normalized spacial score (nSPS) is 25.8. The van der Waals surface area contributed by atoms with Crippen molar-refractivity contribution in [2.24, 2.45) is 0 Å². The Balaban J connectivity index is 2.23. The van der Waals surface area contributed by atoms with Gasteiger partial charge in [0.25, 0.3) is 0 Å². The van der Waals surface area contributed by atoms with Crippen LogP contribution in [-0.4, -0.2) is 69.7 Å². The Hall–Kier alpha value is -1.41. The highest BCUT2D eigenvalue weighted by Gasteiger charge is 2.47. The smallest absolute Gasteiger partial charge is 0.387 e. The first kappa shape index (κ1) is 21.9. The molecule has 1 aromatic heterocycles. The van der Waals surface area contributed by atoms with Gasteiger partial charge in [-0.3, -0.25) is 9.09 Å². The fourth-order valence-corrected chi connectivity index (χ4v) is 2.70. The van der Waals surface area contributed by atoms with Gasteiger partial charge >= 0.3 is 13.5 Å². The molecule has 14 heteroatoms. The largest absolute Gasteiger partial charge is 0.469 e. The molecule has 0 unspecified atom stereocenters. The van der Waals surface area contributed by atoms with Gasteiger partial charge in [-0.2, -0.15) is 4.98 Å².